The first-order chi connectivity index (χ1) is 7.50. The van der Waals surface area contributed by atoms with Gasteiger partial charge in [0.1, 0.15) is 10.6 Å². The highest BCUT2D eigenvalue weighted by Gasteiger charge is 2.41. The van der Waals surface area contributed by atoms with Crippen LogP contribution in [0.3, 0.4) is 0 Å². The molecule has 0 saturated carbocycles. The molecule has 1 saturated heterocycles. The van der Waals surface area contributed by atoms with Crippen LogP contribution in [-0.4, -0.2) is 16.6 Å². The van der Waals surface area contributed by atoms with Crippen LogP contribution < -0.4 is 5.32 Å². The topological polar surface area (TPSA) is 46.2 Å². The van der Waals surface area contributed by atoms with E-state index in [9.17, 15) is 14.0 Å². The molecule has 1 aromatic rings. The highest BCUT2D eigenvalue weighted by atomic mass is 79.9. The van der Waals surface area contributed by atoms with Gasteiger partial charge in [-0.2, -0.15) is 0 Å². The molecule has 0 bridgehead atoms. The zero-order chi connectivity index (χ0) is 11.9. The summed E-state index contributed by atoms with van der Waals surface area (Å²) in [6.07, 6.45) is 0. The summed E-state index contributed by atoms with van der Waals surface area (Å²) >= 11 is 6.15. The van der Waals surface area contributed by atoms with Gasteiger partial charge in [0.15, 0.2) is 0 Å². The van der Waals surface area contributed by atoms with Crippen molar-refractivity contribution in [2.45, 2.75) is 10.7 Å². The molecule has 0 aromatic heterocycles. The summed E-state index contributed by atoms with van der Waals surface area (Å²) < 4.78 is 13.6. The van der Waals surface area contributed by atoms with E-state index in [0.29, 0.717) is 10.0 Å². The van der Waals surface area contributed by atoms with Crippen LogP contribution in [0.25, 0.3) is 0 Å². The fraction of sp³-hybridized carbons (Fsp3) is 0.200. The van der Waals surface area contributed by atoms with Crippen molar-refractivity contribution in [1.82, 2.24) is 5.32 Å². The number of nitrogens with one attached hydrogen (secondary N) is 1. The number of hydrogen-bond donors (Lipinski definition) is 1. The summed E-state index contributed by atoms with van der Waals surface area (Å²) in [5.74, 6) is -1.92. The molecule has 16 heavy (non-hydrogen) atoms. The van der Waals surface area contributed by atoms with Gasteiger partial charge in [0.25, 0.3) is 0 Å². The fourth-order valence-corrected chi connectivity index (χ4v) is 2.48. The standard InChI is InChI=1S/C10H6Br2FNO2/c11-5-2-1-4(3-6(5)13)7-8(12)10(16)14-9(7)15/h1-3,7-8H,(H,14,15,16). The predicted molar refractivity (Wildman–Crippen MR) is 62.7 cm³/mol. The lowest BCUT2D eigenvalue weighted by molar-refractivity contribution is -0.125. The van der Waals surface area contributed by atoms with Gasteiger partial charge in [0, 0.05) is 0 Å². The third-order valence-electron chi connectivity index (χ3n) is 2.37. The average molecular weight is 351 g/mol. The van der Waals surface area contributed by atoms with E-state index in [-0.39, 0.29) is 0 Å². The quantitative estimate of drug-likeness (QED) is 0.622. The van der Waals surface area contributed by atoms with Crippen LogP contribution in [0.15, 0.2) is 22.7 Å². The Bertz CT molecular complexity index is 478. The van der Waals surface area contributed by atoms with Crippen LogP contribution in [0, 0.1) is 5.82 Å². The summed E-state index contributed by atoms with van der Waals surface area (Å²) in [6, 6.07) is 4.38. The number of imide groups is 1. The molecule has 2 unspecified atom stereocenters. The van der Waals surface area contributed by atoms with Crippen molar-refractivity contribution in [3.8, 4) is 0 Å². The van der Waals surface area contributed by atoms with Gasteiger partial charge in [-0.3, -0.25) is 14.9 Å². The van der Waals surface area contributed by atoms with E-state index in [1.165, 1.54) is 12.1 Å². The van der Waals surface area contributed by atoms with Gasteiger partial charge < -0.3 is 0 Å². The van der Waals surface area contributed by atoms with Crippen molar-refractivity contribution in [1.29, 1.82) is 0 Å². The van der Waals surface area contributed by atoms with Crippen LogP contribution in [0.4, 0.5) is 4.39 Å². The molecule has 1 N–H and O–H groups in total. The molecule has 3 nitrogen and oxygen atoms in total. The monoisotopic (exact) mass is 349 g/mol. The molecule has 0 radical (unpaired) electrons. The number of rotatable bonds is 1. The Morgan fingerprint density at radius 3 is 2.44 bits per heavy atom. The second kappa shape index (κ2) is 4.25. The lowest BCUT2D eigenvalue weighted by Crippen LogP contribution is -2.22. The Labute approximate surface area is 108 Å². The van der Waals surface area contributed by atoms with Crippen LogP contribution >= 0.6 is 31.9 Å². The molecule has 0 spiro atoms. The van der Waals surface area contributed by atoms with E-state index in [1.54, 1.807) is 6.07 Å². The lowest BCUT2D eigenvalue weighted by atomic mass is 9.97. The molecular weight excluding hydrogens is 345 g/mol. The largest absolute Gasteiger partial charge is 0.295 e. The van der Waals surface area contributed by atoms with Crippen LogP contribution in [0.5, 0.6) is 0 Å². The third kappa shape index (κ3) is 1.91. The van der Waals surface area contributed by atoms with Gasteiger partial charge in [0.2, 0.25) is 11.8 Å². The highest BCUT2D eigenvalue weighted by Crippen LogP contribution is 2.31. The van der Waals surface area contributed by atoms with Crippen molar-refractivity contribution >= 4 is 43.7 Å². The number of hydrogen-bond acceptors (Lipinski definition) is 2. The first-order valence-corrected chi connectivity index (χ1v) is 6.15. The number of benzene rings is 1. The smallest absolute Gasteiger partial charge is 0.241 e. The highest BCUT2D eigenvalue weighted by molar-refractivity contribution is 9.10. The Kier molecular flexibility index (Phi) is 3.12. The van der Waals surface area contributed by atoms with Gasteiger partial charge in [-0.15, -0.1) is 0 Å². The molecule has 2 rings (SSSR count). The molecular formula is C10H6Br2FNO2. The van der Waals surface area contributed by atoms with Crippen molar-refractivity contribution in [3.05, 3.63) is 34.1 Å². The van der Waals surface area contributed by atoms with E-state index >= 15 is 0 Å². The molecule has 1 fully saturated rings. The minimum absolute atomic E-state index is 0.326. The number of amides is 2. The summed E-state index contributed by atoms with van der Waals surface area (Å²) in [4.78, 5) is 22.1. The van der Waals surface area contributed by atoms with E-state index in [0.717, 1.165) is 0 Å². The Hall–Kier alpha value is -0.750. The van der Waals surface area contributed by atoms with Crippen molar-refractivity contribution in [2.75, 3.05) is 0 Å². The number of alkyl halides is 1. The molecule has 2 atom stereocenters. The fourth-order valence-electron chi connectivity index (χ4n) is 1.58. The van der Waals surface area contributed by atoms with Crippen molar-refractivity contribution < 1.29 is 14.0 Å². The summed E-state index contributed by atoms with van der Waals surface area (Å²) in [5, 5.41) is 2.19. The van der Waals surface area contributed by atoms with Gasteiger partial charge in [-0.25, -0.2) is 4.39 Å². The van der Waals surface area contributed by atoms with Crippen LogP contribution in [-0.2, 0) is 9.59 Å². The second-order valence-corrected chi connectivity index (χ2v) is 5.25. The van der Waals surface area contributed by atoms with Crippen molar-refractivity contribution in [2.24, 2.45) is 0 Å². The van der Waals surface area contributed by atoms with Crippen LogP contribution in [0.2, 0.25) is 0 Å². The Balaban J connectivity index is 2.40. The molecule has 1 aromatic carbocycles. The SMILES string of the molecule is O=C1NC(=O)C(c2ccc(Br)c(F)c2)C1Br. The normalized spacial score (nSPS) is 24.7. The summed E-state index contributed by atoms with van der Waals surface area (Å²) in [5.41, 5.74) is 0.478. The maximum absolute atomic E-state index is 13.3. The minimum atomic E-state index is -0.671. The third-order valence-corrected chi connectivity index (χ3v) is 3.96. The Morgan fingerprint density at radius 1 is 1.25 bits per heavy atom. The summed E-state index contributed by atoms with van der Waals surface area (Å²) in [7, 11) is 0. The zero-order valence-corrected chi connectivity index (χ0v) is 11.0. The molecule has 84 valence electrons. The van der Waals surface area contributed by atoms with Crippen LogP contribution in [0.1, 0.15) is 11.5 Å². The van der Waals surface area contributed by atoms with Gasteiger partial charge in [0.05, 0.1) is 10.4 Å². The zero-order valence-electron chi connectivity index (χ0n) is 7.84. The first kappa shape index (κ1) is 11.7. The molecule has 2 amide bonds. The maximum Gasteiger partial charge on any atom is 0.241 e. The van der Waals surface area contributed by atoms with Crippen molar-refractivity contribution in [3.63, 3.8) is 0 Å². The van der Waals surface area contributed by atoms with E-state index in [2.05, 4.69) is 37.2 Å². The van der Waals surface area contributed by atoms with Gasteiger partial charge >= 0.3 is 0 Å². The second-order valence-electron chi connectivity index (χ2n) is 3.41. The van der Waals surface area contributed by atoms with Gasteiger partial charge in [-0.1, -0.05) is 22.0 Å². The Morgan fingerprint density at radius 2 is 1.94 bits per heavy atom. The molecule has 0 aliphatic carbocycles. The number of carbonyl (C=O) groups excluding carboxylic acids is 2. The molecule has 1 aliphatic rings. The minimum Gasteiger partial charge on any atom is -0.295 e. The number of carbonyl (C=O) groups is 2. The first-order valence-electron chi connectivity index (χ1n) is 4.44. The van der Waals surface area contributed by atoms with E-state index < -0.39 is 28.4 Å². The number of halogens is 3. The summed E-state index contributed by atoms with van der Waals surface area (Å²) in [6.45, 7) is 0. The van der Waals surface area contributed by atoms with Gasteiger partial charge in [-0.05, 0) is 33.6 Å². The van der Waals surface area contributed by atoms with E-state index in [4.69, 9.17) is 0 Å². The lowest BCUT2D eigenvalue weighted by Gasteiger charge is -2.10. The maximum atomic E-state index is 13.3. The molecule has 1 aliphatic heterocycles. The van der Waals surface area contributed by atoms with E-state index in [1.807, 2.05) is 0 Å². The molecule has 1 heterocycles. The molecule has 6 heteroatoms. The predicted octanol–water partition coefficient (Wildman–Crippen LogP) is 2.09. The average Bonchev–Trinajstić information content (AvgIpc) is 2.47.